The van der Waals surface area contributed by atoms with Crippen molar-refractivity contribution in [1.82, 2.24) is 0 Å². The number of halogens is 1. The van der Waals surface area contributed by atoms with Crippen LogP contribution in [-0.2, 0) is 0 Å². The Kier molecular flexibility index (Phi) is 2.24. The minimum absolute atomic E-state index is 0.0457. The van der Waals surface area contributed by atoms with Crippen LogP contribution in [0.3, 0.4) is 0 Å². The lowest BCUT2D eigenvalue weighted by atomic mass is 10.1. The zero-order valence-corrected chi connectivity index (χ0v) is 7.22. The number of hydrogen-bond donors (Lipinski definition) is 2. The smallest absolute Gasteiger partial charge is 0.161 e. The maximum absolute atomic E-state index is 10.9. The highest BCUT2D eigenvalue weighted by Gasteiger charge is 2.10. The number of aromatic hydroxyl groups is 1. The summed E-state index contributed by atoms with van der Waals surface area (Å²) in [6.45, 7) is 1.39. The number of nitrogens with two attached hydrogens (primary N) is 1. The minimum Gasteiger partial charge on any atom is -0.506 e. The van der Waals surface area contributed by atoms with Gasteiger partial charge in [-0.1, -0.05) is 11.6 Å². The lowest BCUT2D eigenvalue weighted by Crippen LogP contribution is -1.97. The molecular weight excluding hydrogens is 178 g/mol. The minimum atomic E-state index is -0.174. The van der Waals surface area contributed by atoms with E-state index < -0.39 is 0 Å². The first-order chi connectivity index (χ1) is 5.54. The topological polar surface area (TPSA) is 63.3 Å². The molecule has 0 radical (unpaired) electrons. The van der Waals surface area contributed by atoms with Crippen LogP contribution in [-0.4, -0.2) is 10.9 Å². The van der Waals surface area contributed by atoms with Crippen molar-refractivity contribution in [3.63, 3.8) is 0 Å². The van der Waals surface area contributed by atoms with Gasteiger partial charge in [0.15, 0.2) is 5.78 Å². The number of carbonyl (C=O) groups is 1. The van der Waals surface area contributed by atoms with E-state index in [0.29, 0.717) is 5.56 Å². The van der Waals surface area contributed by atoms with Crippen molar-refractivity contribution in [2.75, 3.05) is 5.73 Å². The molecule has 0 unspecified atom stereocenters. The van der Waals surface area contributed by atoms with Crippen molar-refractivity contribution < 1.29 is 9.90 Å². The quantitative estimate of drug-likeness (QED) is 0.399. The highest BCUT2D eigenvalue weighted by atomic mass is 35.5. The molecule has 0 aliphatic carbocycles. The SMILES string of the molecule is CC(=O)c1ccc(O)c(N)c1Cl. The first kappa shape index (κ1) is 8.87. The molecule has 0 fully saturated rings. The summed E-state index contributed by atoms with van der Waals surface area (Å²) < 4.78 is 0. The fraction of sp³-hybridized carbons (Fsp3) is 0.125. The van der Waals surface area contributed by atoms with Gasteiger partial charge in [0, 0.05) is 5.56 Å². The highest BCUT2D eigenvalue weighted by Crippen LogP contribution is 2.31. The molecule has 0 heterocycles. The number of phenolic OH excluding ortho intramolecular Hbond substituents is 1. The van der Waals surface area contributed by atoms with Gasteiger partial charge in [0.1, 0.15) is 5.75 Å². The molecule has 3 N–H and O–H groups in total. The second kappa shape index (κ2) is 3.03. The molecule has 1 aromatic rings. The number of benzene rings is 1. The van der Waals surface area contributed by atoms with Crippen LogP contribution in [0.4, 0.5) is 5.69 Å². The molecule has 0 saturated carbocycles. The fourth-order valence-corrected chi connectivity index (χ4v) is 1.15. The van der Waals surface area contributed by atoms with Crippen LogP contribution in [0, 0.1) is 0 Å². The van der Waals surface area contributed by atoms with Crippen LogP contribution < -0.4 is 5.73 Å². The number of ketones is 1. The Bertz CT molecular complexity index is 336. The van der Waals surface area contributed by atoms with E-state index >= 15 is 0 Å². The Morgan fingerprint density at radius 1 is 1.58 bits per heavy atom. The van der Waals surface area contributed by atoms with Gasteiger partial charge in [-0.15, -0.1) is 0 Å². The maximum Gasteiger partial charge on any atom is 0.161 e. The van der Waals surface area contributed by atoms with E-state index in [1.165, 1.54) is 19.1 Å². The molecule has 3 nitrogen and oxygen atoms in total. The van der Waals surface area contributed by atoms with E-state index in [9.17, 15) is 4.79 Å². The van der Waals surface area contributed by atoms with Gasteiger partial charge in [-0.25, -0.2) is 0 Å². The largest absolute Gasteiger partial charge is 0.506 e. The summed E-state index contributed by atoms with van der Waals surface area (Å²) >= 11 is 5.69. The molecule has 64 valence electrons. The molecule has 0 spiro atoms. The number of phenols is 1. The molecule has 0 aromatic heterocycles. The van der Waals surface area contributed by atoms with Crippen LogP contribution in [0.25, 0.3) is 0 Å². The van der Waals surface area contributed by atoms with Crippen molar-refractivity contribution in [1.29, 1.82) is 0 Å². The lowest BCUT2D eigenvalue weighted by molar-refractivity contribution is 0.101. The first-order valence-corrected chi connectivity index (χ1v) is 3.69. The predicted molar refractivity (Wildman–Crippen MR) is 47.5 cm³/mol. The van der Waals surface area contributed by atoms with Gasteiger partial charge >= 0.3 is 0 Å². The first-order valence-electron chi connectivity index (χ1n) is 3.32. The Morgan fingerprint density at radius 3 is 2.67 bits per heavy atom. The molecular formula is C8H8ClNO2. The van der Waals surface area contributed by atoms with E-state index in [2.05, 4.69) is 0 Å². The van der Waals surface area contributed by atoms with Crippen LogP contribution in [0.5, 0.6) is 5.75 Å². The maximum atomic E-state index is 10.9. The number of nitrogen functional groups attached to an aromatic ring is 1. The van der Waals surface area contributed by atoms with Crippen LogP contribution >= 0.6 is 11.6 Å². The van der Waals surface area contributed by atoms with Crippen molar-refractivity contribution >= 4 is 23.1 Å². The Labute approximate surface area is 74.8 Å². The van der Waals surface area contributed by atoms with E-state index in [1.807, 2.05) is 0 Å². The summed E-state index contributed by atoms with van der Waals surface area (Å²) in [6.07, 6.45) is 0. The van der Waals surface area contributed by atoms with Crippen molar-refractivity contribution in [2.45, 2.75) is 6.92 Å². The summed E-state index contributed by atoms with van der Waals surface area (Å²) in [5.41, 5.74) is 5.76. The third kappa shape index (κ3) is 1.36. The molecule has 0 atom stereocenters. The molecule has 0 saturated heterocycles. The van der Waals surface area contributed by atoms with Gasteiger partial charge in [0.25, 0.3) is 0 Å². The number of rotatable bonds is 1. The monoisotopic (exact) mass is 185 g/mol. The average molecular weight is 186 g/mol. The fourth-order valence-electron chi connectivity index (χ4n) is 0.855. The van der Waals surface area contributed by atoms with Crippen molar-refractivity contribution in [3.05, 3.63) is 22.7 Å². The number of carbonyl (C=O) groups excluding carboxylic acids is 1. The third-order valence-corrected chi connectivity index (χ3v) is 1.94. The van der Waals surface area contributed by atoms with Crippen molar-refractivity contribution in [2.24, 2.45) is 0 Å². The van der Waals surface area contributed by atoms with E-state index in [0.717, 1.165) is 0 Å². The molecule has 0 bridgehead atoms. The zero-order valence-electron chi connectivity index (χ0n) is 6.47. The molecule has 1 rings (SSSR count). The highest BCUT2D eigenvalue weighted by molar-refractivity contribution is 6.36. The van der Waals surface area contributed by atoms with Gasteiger partial charge in [0.05, 0.1) is 10.7 Å². The molecule has 12 heavy (non-hydrogen) atoms. The predicted octanol–water partition coefficient (Wildman–Crippen LogP) is 1.83. The average Bonchev–Trinajstić information content (AvgIpc) is 2.00. The van der Waals surface area contributed by atoms with Crippen LogP contribution in [0.1, 0.15) is 17.3 Å². The Morgan fingerprint density at radius 2 is 2.17 bits per heavy atom. The summed E-state index contributed by atoms with van der Waals surface area (Å²) in [5.74, 6) is -0.281. The second-order valence-electron chi connectivity index (χ2n) is 2.42. The normalized spacial score (nSPS) is 9.83. The molecule has 0 aliphatic rings. The molecule has 4 heteroatoms. The van der Waals surface area contributed by atoms with Gasteiger partial charge < -0.3 is 10.8 Å². The molecule has 1 aromatic carbocycles. The summed E-state index contributed by atoms with van der Waals surface area (Å²) in [5, 5.41) is 9.20. The van der Waals surface area contributed by atoms with Gasteiger partial charge in [0.2, 0.25) is 0 Å². The summed E-state index contributed by atoms with van der Waals surface area (Å²) in [4.78, 5) is 10.9. The van der Waals surface area contributed by atoms with Gasteiger partial charge in [-0.3, -0.25) is 4.79 Å². The van der Waals surface area contributed by atoms with E-state index in [-0.39, 0.29) is 22.2 Å². The number of hydrogen-bond acceptors (Lipinski definition) is 3. The van der Waals surface area contributed by atoms with Crippen molar-refractivity contribution in [3.8, 4) is 5.75 Å². The molecule has 0 amide bonds. The van der Waals surface area contributed by atoms with Gasteiger partial charge in [-0.2, -0.15) is 0 Å². The van der Waals surface area contributed by atoms with Gasteiger partial charge in [-0.05, 0) is 19.1 Å². The molecule has 0 aliphatic heterocycles. The van der Waals surface area contributed by atoms with Crippen LogP contribution in [0.15, 0.2) is 12.1 Å². The summed E-state index contributed by atoms with van der Waals surface area (Å²) in [6, 6.07) is 2.79. The second-order valence-corrected chi connectivity index (χ2v) is 2.79. The number of anilines is 1. The Balaban J connectivity index is 3.36. The Hall–Kier alpha value is -1.22. The zero-order chi connectivity index (χ0) is 9.30. The van der Waals surface area contributed by atoms with E-state index in [1.54, 1.807) is 0 Å². The summed E-state index contributed by atoms with van der Waals surface area (Å²) in [7, 11) is 0. The number of Topliss-reactive ketones (excluding diaryl/α,β-unsaturated/α-hetero) is 1. The lowest BCUT2D eigenvalue weighted by Gasteiger charge is -2.04. The van der Waals surface area contributed by atoms with E-state index in [4.69, 9.17) is 22.4 Å². The van der Waals surface area contributed by atoms with Crippen LogP contribution in [0.2, 0.25) is 5.02 Å². The third-order valence-electron chi connectivity index (χ3n) is 1.54. The standard InChI is InChI=1S/C8H8ClNO2/c1-4(11)5-2-3-6(12)8(10)7(5)9/h2-3,12H,10H2,1H3.